The number of carbonyl (C=O) groups excluding carboxylic acids is 4. The number of esters is 2. The first-order chi connectivity index (χ1) is 16.3. The van der Waals surface area contributed by atoms with Gasteiger partial charge < -0.3 is 13.6 Å². The molecule has 2 rings (SSSR count). The van der Waals surface area contributed by atoms with Crippen molar-refractivity contribution in [1.82, 2.24) is 0 Å². The van der Waals surface area contributed by atoms with Gasteiger partial charge in [-0.05, 0) is 69.5 Å². The normalized spacial score (nSPS) is 11.5. The monoisotopic (exact) mass is 518 g/mol. The standard InChI is InChI=1S/C24H30O9Si2/c1-17(25)18-7-9-19(10-8-18)22(26)30-15-34(3,4)33-35(5,6)16-31-23(27)20-11-13-21(14-12-20)24(28)32-29-2/h7-14H,15-16H2,1-6H3. The van der Waals surface area contributed by atoms with Crippen molar-refractivity contribution in [3.05, 3.63) is 70.8 Å². The summed E-state index contributed by atoms with van der Waals surface area (Å²) in [6, 6.07) is 12.1. The topological polar surface area (TPSA) is 114 Å². The molecular weight excluding hydrogens is 488 g/mol. The summed E-state index contributed by atoms with van der Waals surface area (Å²) in [5.74, 6) is -1.78. The van der Waals surface area contributed by atoms with E-state index in [1.165, 1.54) is 38.3 Å². The smallest absolute Gasteiger partial charge is 0.373 e. The Kier molecular flexibility index (Phi) is 9.66. The predicted octanol–water partition coefficient (Wildman–Crippen LogP) is 4.13. The van der Waals surface area contributed by atoms with E-state index in [9.17, 15) is 19.2 Å². The third kappa shape index (κ3) is 8.87. The molecule has 0 spiro atoms. The van der Waals surface area contributed by atoms with Crippen LogP contribution in [0.2, 0.25) is 26.2 Å². The first kappa shape index (κ1) is 28.1. The van der Waals surface area contributed by atoms with Crippen molar-refractivity contribution in [2.24, 2.45) is 0 Å². The van der Waals surface area contributed by atoms with Crippen LogP contribution in [0, 0.1) is 0 Å². The molecule has 0 bridgehead atoms. The molecule has 0 atom stereocenters. The summed E-state index contributed by atoms with van der Waals surface area (Å²) >= 11 is 0. The van der Waals surface area contributed by atoms with Crippen molar-refractivity contribution in [2.75, 3.05) is 19.6 Å². The van der Waals surface area contributed by atoms with Crippen LogP contribution in [0.25, 0.3) is 0 Å². The maximum atomic E-state index is 12.4. The van der Waals surface area contributed by atoms with E-state index in [0.29, 0.717) is 11.1 Å². The molecule has 11 heteroatoms. The summed E-state index contributed by atoms with van der Waals surface area (Å²) in [6.07, 6.45) is 0.236. The van der Waals surface area contributed by atoms with E-state index in [2.05, 4.69) is 9.78 Å². The van der Waals surface area contributed by atoms with E-state index in [1.807, 2.05) is 26.2 Å². The fourth-order valence-electron chi connectivity index (χ4n) is 3.16. The number of hydrogen-bond acceptors (Lipinski definition) is 9. The quantitative estimate of drug-likeness (QED) is 0.142. The third-order valence-corrected chi connectivity index (χ3v) is 10.8. The highest BCUT2D eigenvalue weighted by Gasteiger charge is 2.36. The van der Waals surface area contributed by atoms with Gasteiger partial charge in [0.25, 0.3) is 0 Å². The van der Waals surface area contributed by atoms with Gasteiger partial charge in [-0.1, -0.05) is 12.1 Å². The third-order valence-electron chi connectivity index (χ3n) is 4.70. The van der Waals surface area contributed by atoms with Gasteiger partial charge in [-0.2, -0.15) is 4.89 Å². The van der Waals surface area contributed by atoms with Crippen LogP contribution < -0.4 is 0 Å². The summed E-state index contributed by atoms with van der Waals surface area (Å²) < 4.78 is 17.2. The molecule has 2 aromatic carbocycles. The van der Waals surface area contributed by atoms with Crippen LogP contribution in [0.15, 0.2) is 48.5 Å². The fourth-order valence-corrected chi connectivity index (χ4v) is 10.6. The lowest BCUT2D eigenvalue weighted by Gasteiger charge is -2.33. The summed E-state index contributed by atoms with van der Waals surface area (Å²) in [6.45, 7) is 9.14. The molecule has 0 aliphatic carbocycles. The first-order valence-corrected chi connectivity index (χ1v) is 17.1. The van der Waals surface area contributed by atoms with Gasteiger partial charge in [0, 0.05) is 5.56 Å². The van der Waals surface area contributed by atoms with E-state index in [0.717, 1.165) is 0 Å². The van der Waals surface area contributed by atoms with E-state index >= 15 is 0 Å². The predicted molar refractivity (Wildman–Crippen MR) is 132 cm³/mol. The highest BCUT2D eigenvalue weighted by atomic mass is 28.4. The van der Waals surface area contributed by atoms with Gasteiger partial charge in [-0.25, -0.2) is 14.4 Å². The Labute approximate surface area is 206 Å². The van der Waals surface area contributed by atoms with E-state index in [4.69, 9.17) is 13.6 Å². The molecule has 0 aliphatic heterocycles. The summed E-state index contributed by atoms with van der Waals surface area (Å²) in [4.78, 5) is 56.6. The van der Waals surface area contributed by atoms with Crippen LogP contribution >= 0.6 is 0 Å². The molecule has 0 unspecified atom stereocenters. The molecule has 35 heavy (non-hydrogen) atoms. The van der Waals surface area contributed by atoms with Crippen molar-refractivity contribution in [3.8, 4) is 0 Å². The average molecular weight is 519 g/mol. The molecule has 9 nitrogen and oxygen atoms in total. The molecule has 0 fully saturated rings. The van der Waals surface area contributed by atoms with E-state index in [-0.39, 0.29) is 29.4 Å². The molecule has 0 aromatic heterocycles. The SMILES string of the molecule is COOC(=O)c1ccc(C(=O)OC[Si](C)(C)O[Si](C)(C)COC(=O)c2ccc(C(C)=O)cc2)cc1. The van der Waals surface area contributed by atoms with Crippen LogP contribution in [0.1, 0.15) is 48.4 Å². The first-order valence-electron chi connectivity index (χ1n) is 10.8. The van der Waals surface area contributed by atoms with Crippen LogP contribution in [0.5, 0.6) is 0 Å². The number of Topliss-reactive ketones (excluding diaryl/α,β-unsaturated/α-hetero) is 1. The molecule has 2 aromatic rings. The van der Waals surface area contributed by atoms with Gasteiger partial charge in [0.05, 0.1) is 23.8 Å². The van der Waals surface area contributed by atoms with Crippen molar-refractivity contribution in [3.63, 3.8) is 0 Å². The Morgan fingerprint density at radius 2 is 0.971 bits per heavy atom. The minimum atomic E-state index is -2.45. The molecular formula is C24H30O9Si2. The Bertz CT molecular complexity index is 1060. The molecule has 0 N–H and O–H groups in total. The highest BCUT2D eigenvalue weighted by molar-refractivity contribution is 6.84. The van der Waals surface area contributed by atoms with E-state index in [1.54, 1.807) is 24.3 Å². The van der Waals surface area contributed by atoms with Gasteiger partial charge in [0.1, 0.15) is 12.5 Å². The molecule has 0 aliphatic rings. The molecule has 0 saturated carbocycles. The van der Waals surface area contributed by atoms with Gasteiger partial charge in [-0.15, -0.1) is 0 Å². The number of ketones is 1. The zero-order valence-corrected chi connectivity index (χ0v) is 22.7. The van der Waals surface area contributed by atoms with Gasteiger partial charge in [0.2, 0.25) is 16.6 Å². The second kappa shape index (κ2) is 12.0. The molecule has 0 amide bonds. The molecule has 0 heterocycles. The molecule has 0 saturated heterocycles. The summed E-state index contributed by atoms with van der Waals surface area (Å²) in [7, 11) is -3.66. The van der Waals surface area contributed by atoms with Crippen molar-refractivity contribution in [1.29, 1.82) is 0 Å². The Morgan fingerprint density at radius 3 is 1.31 bits per heavy atom. The average Bonchev–Trinajstić information content (AvgIpc) is 2.80. The number of rotatable bonds is 11. The lowest BCUT2D eigenvalue weighted by Crippen LogP contribution is -2.51. The number of carbonyl (C=O) groups is 4. The zero-order valence-electron chi connectivity index (χ0n) is 20.7. The Morgan fingerprint density at radius 1 is 0.629 bits per heavy atom. The Balaban J connectivity index is 1.87. The second-order valence-electron chi connectivity index (χ2n) is 9.02. The van der Waals surface area contributed by atoms with Crippen molar-refractivity contribution < 1.29 is 42.5 Å². The Hall–Kier alpha value is -3.13. The zero-order chi connectivity index (χ0) is 26.2. The van der Waals surface area contributed by atoms with Crippen LogP contribution in [0.4, 0.5) is 0 Å². The van der Waals surface area contributed by atoms with Crippen LogP contribution in [0.3, 0.4) is 0 Å². The van der Waals surface area contributed by atoms with Crippen LogP contribution in [-0.2, 0) is 23.4 Å². The van der Waals surface area contributed by atoms with Gasteiger partial charge >= 0.3 is 17.9 Å². The largest absolute Gasteiger partial charge is 0.463 e. The number of benzene rings is 2. The van der Waals surface area contributed by atoms with Gasteiger partial charge in [0.15, 0.2) is 5.78 Å². The summed E-state index contributed by atoms with van der Waals surface area (Å²) in [5.41, 5.74) is 1.39. The summed E-state index contributed by atoms with van der Waals surface area (Å²) in [5, 5.41) is 0. The molecule has 188 valence electrons. The maximum absolute atomic E-state index is 12.4. The molecule has 0 radical (unpaired) electrons. The second-order valence-corrected chi connectivity index (χ2v) is 17.5. The lowest BCUT2D eigenvalue weighted by molar-refractivity contribution is -0.216. The van der Waals surface area contributed by atoms with Crippen molar-refractivity contribution >= 4 is 40.3 Å². The van der Waals surface area contributed by atoms with Gasteiger partial charge in [-0.3, -0.25) is 9.68 Å². The highest BCUT2D eigenvalue weighted by Crippen LogP contribution is 2.17. The maximum Gasteiger partial charge on any atom is 0.373 e. The fraction of sp³-hybridized carbons (Fsp3) is 0.333. The minimum absolute atomic E-state index is 0.0801. The lowest BCUT2D eigenvalue weighted by atomic mass is 10.1. The van der Waals surface area contributed by atoms with E-state index < -0.39 is 34.5 Å². The number of hydrogen-bond donors (Lipinski definition) is 0. The number of ether oxygens (including phenoxy) is 2. The van der Waals surface area contributed by atoms with Crippen LogP contribution in [-0.4, -0.2) is 59.9 Å². The van der Waals surface area contributed by atoms with Crippen molar-refractivity contribution in [2.45, 2.75) is 33.1 Å². The minimum Gasteiger partial charge on any atom is -0.463 e.